The Balaban J connectivity index is 1.49. The lowest BCUT2D eigenvalue weighted by atomic mass is 9.96. The number of sulfonamides is 1. The average molecular weight is 418 g/mol. The Kier molecular flexibility index (Phi) is 5.45. The highest BCUT2D eigenvalue weighted by atomic mass is 32.2. The Bertz CT molecular complexity index is 1020. The predicted octanol–water partition coefficient (Wildman–Crippen LogP) is 4.03. The summed E-state index contributed by atoms with van der Waals surface area (Å²) in [5.74, 6) is -0.515. The summed E-state index contributed by atoms with van der Waals surface area (Å²) in [6.45, 7) is 0.523. The Morgan fingerprint density at radius 3 is 2.62 bits per heavy atom. The van der Waals surface area contributed by atoms with Gasteiger partial charge in [-0.3, -0.25) is 9.62 Å². The molecule has 0 saturated heterocycles. The molecule has 154 valence electrons. The minimum atomic E-state index is -3.85. The van der Waals surface area contributed by atoms with Gasteiger partial charge in [-0.05, 0) is 61.2 Å². The number of hydrogen-bond donors (Lipinski definition) is 2. The Morgan fingerprint density at radius 1 is 1.07 bits per heavy atom. The molecular weight excluding hydrogens is 393 g/mol. The number of carbonyl (C=O) groups is 1. The van der Waals surface area contributed by atoms with Gasteiger partial charge < -0.3 is 5.32 Å². The van der Waals surface area contributed by atoms with E-state index in [4.69, 9.17) is 0 Å². The van der Waals surface area contributed by atoms with Gasteiger partial charge in [-0.2, -0.15) is 0 Å². The molecule has 2 aliphatic rings. The van der Waals surface area contributed by atoms with E-state index in [-0.39, 0.29) is 22.7 Å². The molecule has 1 aliphatic carbocycles. The number of amides is 2. The molecule has 1 aliphatic heterocycles. The molecule has 0 spiro atoms. The highest BCUT2D eigenvalue weighted by Crippen LogP contribution is 2.31. The molecule has 0 atom stereocenters. The molecule has 2 aromatic rings. The molecular formula is C21H24FN3O3S. The van der Waals surface area contributed by atoms with Crippen molar-refractivity contribution in [1.29, 1.82) is 0 Å². The molecule has 1 fully saturated rings. The first-order valence-electron chi connectivity index (χ1n) is 9.92. The third kappa shape index (κ3) is 4.37. The van der Waals surface area contributed by atoms with E-state index in [0.717, 1.165) is 43.0 Å². The van der Waals surface area contributed by atoms with E-state index < -0.39 is 15.8 Å². The first-order chi connectivity index (χ1) is 13.9. The highest BCUT2D eigenvalue weighted by Gasteiger charge is 2.28. The average Bonchev–Trinajstić information content (AvgIpc) is 3.12. The lowest BCUT2D eigenvalue weighted by Gasteiger charge is -2.26. The molecule has 2 aromatic carbocycles. The number of hydrogen-bond acceptors (Lipinski definition) is 3. The summed E-state index contributed by atoms with van der Waals surface area (Å²) >= 11 is 0. The van der Waals surface area contributed by atoms with Crippen molar-refractivity contribution in [2.45, 2.75) is 49.5 Å². The van der Waals surface area contributed by atoms with Gasteiger partial charge >= 0.3 is 6.03 Å². The minimum absolute atomic E-state index is 0.0926. The van der Waals surface area contributed by atoms with Crippen molar-refractivity contribution in [3.8, 4) is 0 Å². The lowest BCUT2D eigenvalue weighted by Crippen LogP contribution is -2.45. The second-order valence-electron chi connectivity index (χ2n) is 7.59. The number of carbonyl (C=O) groups excluding carboxylic acids is 1. The van der Waals surface area contributed by atoms with Gasteiger partial charge in [0.05, 0.1) is 10.6 Å². The van der Waals surface area contributed by atoms with Crippen LogP contribution in [-0.4, -0.2) is 27.0 Å². The van der Waals surface area contributed by atoms with Gasteiger partial charge in [0.1, 0.15) is 5.82 Å². The molecule has 0 aromatic heterocycles. The van der Waals surface area contributed by atoms with Gasteiger partial charge in [0.25, 0.3) is 10.0 Å². The van der Waals surface area contributed by atoms with Crippen LogP contribution >= 0.6 is 0 Å². The monoisotopic (exact) mass is 417 g/mol. The second-order valence-corrected chi connectivity index (χ2v) is 9.27. The number of anilines is 2. The largest absolute Gasteiger partial charge is 0.335 e. The third-order valence-electron chi connectivity index (χ3n) is 5.51. The maximum Gasteiger partial charge on any atom is 0.322 e. The van der Waals surface area contributed by atoms with Gasteiger partial charge in [0.2, 0.25) is 0 Å². The van der Waals surface area contributed by atoms with Gasteiger partial charge in [0, 0.05) is 18.3 Å². The molecule has 1 saturated carbocycles. The van der Waals surface area contributed by atoms with E-state index >= 15 is 0 Å². The topological polar surface area (TPSA) is 78.5 Å². The molecule has 1 heterocycles. The van der Waals surface area contributed by atoms with Gasteiger partial charge in [0.15, 0.2) is 0 Å². The molecule has 2 N–H and O–H groups in total. The van der Waals surface area contributed by atoms with Crippen LogP contribution in [0.3, 0.4) is 0 Å². The number of nitrogens with one attached hydrogen (secondary N) is 2. The van der Waals surface area contributed by atoms with Crippen LogP contribution in [-0.2, 0) is 16.4 Å². The predicted molar refractivity (Wildman–Crippen MR) is 110 cm³/mol. The van der Waals surface area contributed by atoms with Crippen molar-refractivity contribution in [3.63, 3.8) is 0 Å². The zero-order valence-corrected chi connectivity index (χ0v) is 16.8. The SMILES string of the molecule is O=C(NC1CCCCC1)N1CCc2cc(S(=O)(=O)Nc3cccc(F)c3)ccc21. The number of fused-ring (bicyclic) bond motifs is 1. The molecule has 8 heteroatoms. The van der Waals surface area contributed by atoms with Crippen LogP contribution < -0.4 is 14.9 Å². The van der Waals surface area contributed by atoms with Crippen LogP contribution in [0.5, 0.6) is 0 Å². The summed E-state index contributed by atoms with van der Waals surface area (Å²) in [5.41, 5.74) is 1.72. The molecule has 0 bridgehead atoms. The van der Waals surface area contributed by atoms with Crippen LogP contribution in [0.25, 0.3) is 0 Å². The summed E-state index contributed by atoms with van der Waals surface area (Å²) in [4.78, 5) is 14.5. The van der Waals surface area contributed by atoms with Crippen molar-refractivity contribution < 1.29 is 17.6 Å². The number of nitrogens with zero attached hydrogens (tertiary/aromatic N) is 1. The molecule has 2 amide bonds. The Hall–Kier alpha value is -2.61. The fraction of sp³-hybridized carbons (Fsp3) is 0.381. The Labute approximate surface area is 170 Å². The van der Waals surface area contributed by atoms with Crippen LogP contribution in [0.4, 0.5) is 20.6 Å². The summed E-state index contributed by atoms with van der Waals surface area (Å²) in [6, 6.07) is 10.1. The van der Waals surface area contributed by atoms with Crippen LogP contribution in [0, 0.1) is 5.82 Å². The van der Waals surface area contributed by atoms with Crippen LogP contribution in [0.2, 0.25) is 0 Å². The van der Waals surface area contributed by atoms with Crippen molar-refractivity contribution in [2.24, 2.45) is 0 Å². The zero-order chi connectivity index (χ0) is 20.4. The maximum atomic E-state index is 13.3. The summed E-state index contributed by atoms with van der Waals surface area (Å²) in [6.07, 6.45) is 6.11. The molecule has 6 nitrogen and oxygen atoms in total. The zero-order valence-electron chi connectivity index (χ0n) is 16.0. The summed E-state index contributed by atoms with van der Waals surface area (Å²) in [5, 5.41) is 3.11. The van der Waals surface area contributed by atoms with E-state index in [1.54, 1.807) is 17.0 Å². The van der Waals surface area contributed by atoms with Crippen LogP contribution in [0.15, 0.2) is 47.4 Å². The fourth-order valence-corrected chi connectivity index (χ4v) is 5.12. The molecule has 4 rings (SSSR count). The van der Waals surface area contributed by atoms with Crippen molar-refractivity contribution in [2.75, 3.05) is 16.2 Å². The highest BCUT2D eigenvalue weighted by molar-refractivity contribution is 7.92. The van der Waals surface area contributed by atoms with Gasteiger partial charge in [-0.25, -0.2) is 17.6 Å². The smallest absolute Gasteiger partial charge is 0.322 e. The second kappa shape index (κ2) is 8.02. The number of benzene rings is 2. The summed E-state index contributed by atoms with van der Waals surface area (Å²) < 4.78 is 41.1. The molecule has 29 heavy (non-hydrogen) atoms. The van der Waals surface area contributed by atoms with E-state index in [2.05, 4.69) is 10.0 Å². The van der Waals surface area contributed by atoms with Crippen molar-refractivity contribution in [1.82, 2.24) is 5.32 Å². The van der Waals surface area contributed by atoms with Crippen LogP contribution in [0.1, 0.15) is 37.7 Å². The minimum Gasteiger partial charge on any atom is -0.335 e. The first-order valence-corrected chi connectivity index (χ1v) is 11.4. The van der Waals surface area contributed by atoms with E-state index in [0.29, 0.717) is 13.0 Å². The normalized spacial score (nSPS) is 17.1. The molecule has 0 radical (unpaired) electrons. The van der Waals surface area contributed by atoms with Crippen molar-refractivity contribution in [3.05, 3.63) is 53.8 Å². The maximum absolute atomic E-state index is 13.3. The quantitative estimate of drug-likeness (QED) is 0.788. The Morgan fingerprint density at radius 2 is 1.86 bits per heavy atom. The third-order valence-corrected chi connectivity index (χ3v) is 6.89. The van der Waals surface area contributed by atoms with Gasteiger partial charge in [-0.1, -0.05) is 25.3 Å². The fourth-order valence-electron chi connectivity index (χ4n) is 4.02. The van der Waals surface area contributed by atoms with Gasteiger partial charge in [-0.15, -0.1) is 0 Å². The number of rotatable bonds is 4. The number of urea groups is 1. The van der Waals surface area contributed by atoms with Crippen molar-refractivity contribution >= 4 is 27.4 Å². The van der Waals surface area contributed by atoms with E-state index in [1.807, 2.05) is 0 Å². The van der Waals surface area contributed by atoms with E-state index in [1.165, 1.54) is 30.7 Å². The number of halogens is 1. The summed E-state index contributed by atoms with van der Waals surface area (Å²) in [7, 11) is -3.85. The lowest BCUT2D eigenvalue weighted by molar-refractivity contribution is 0.238. The first kappa shape index (κ1) is 19.7. The standard InChI is InChI=1S/C21H24FN3O3S/c22-16-5-4-8-18(14-16)24-29(27,28)19-9-10-20-15(13-19)11-12-25(20)21(26)23-17-6-2-1-3-7-17/h4-5,8-10,13-14,17,24H,1-3,6-7,11-12H2,(H,23,26). The van der Waals surface area contributed by atoms with E-state index in [9.17, 15) is 17.6 Å². The molecule has 0 unspecified atom stereocenters.